The number of carbonyl (C=O) groups excluding carboxylic acids is 2. The molecule has 8 heteroatoms. The van der Waals surface area contributed by atoms with E-state index >= 15 is 0 Å². The quantitative estimate of drug-likeness (QED) is 0.849. The van der Waals surface area contributed by atoms with Gasteiger partial charge in [-0.15, -0.1) is 0 Å². The van der Waals surface area contributed by atoms with E-state index in [-0.39, 0.29) is 28.6 Å². The van der Waals surface area contributed by atoms with Crippen molar-refractivity contribution in [3.8, 4) is 0 Å². The lowest BCUT2D eigenvalue weighted by atomic mass is 10.1. The molecule has 2 aliphatic heterocycles. The molecule has 1 N–H and O–H groups in total. The molecule has 1 aromatic carbocycles. The Labute approximate surface area is 150 Å². The van der Waals surface area contributed by atoms with Crippen molar-refractivity contribution in [1.29, 1.82) is 0 Å². The van der Waals surface area contributed by atoms with Crippen LogP contribution in [0, 0.1) is 5.82 Å². The van der Waals surface area contributed by atoms with Crippen molar-refractivity contribution in [2.24, 2.45) is 0 Å². The van der Waals surface area contributed by atoms with Gasteiger partial charge in [0.25, 0.3) is 5.91 Å². The molecular formula is C17H21ClFN3O3. The van der Waals surface area contributed by atoms with Crippen LogP contribution in [0.15, 0.2) is 18.2 Å². The van der Waals surface area contributed by atoms with Crippen LogP contribution in [0.25, 0.3) is 0 Å². The molecule has 0 saturated carbocycles. The van der Waals surface area contributed by atoms with Crippen LogP contribution < -0.4 is 5.32 Å². The number of halogens is 2. The van der Waals surface area contributed by atoms with Crippen molar-refractivity contribution in [3.05, 3.63) is 34.6 Å². The van der Waals surface area contributed by atoms with Crippen LogP contribution in [-0.2, 0) is 9.53 Å². The van der Waals surface area contributed by atoms with E-state index in [1.165, 1.54) is 23.1 Å². The summed E-state index contributed by atoms with van der Waals surface area (Å²) in [5.74, 6) is -1.10. The predicted octanol–water partition coefficient (Wildman–Crippen LogP) is 1.14. The van der Waals surface area contributed by atoms with Gasteiger partial charge in [-0.1, -0.05) is 17.7 Å². The largest absolute Gasteiger partial charge is 0.375 e. The minimum absolute atomic E-state index is 0.0248. The van der Waals surface area contributed by atoms with E-state index in [2.05, 4.69) is 5.32 Å². The molecule has 6 nitrogen and oxygen atoms in total. The third-order valence-electron chi connectivity index (χ3n) is 4.64. The number of benzene rings is 1. The number of carbonyl (C=O) groups is 2. The lowest BCUT2D eigenvalue weighted by molar-refractivity contribution is -0.140. The van der Waals surface area contributed by atoms with Crippen LogP contribution in [0.3, 0.4) is 0 Å². The molecule has 0 aromatic heterocycles. The topological polar surface area (TPSA) is 61.9 Å². The summed E-state index contributed by atoms with van der Waals surface area (Å²) in [5, 5.41) is 3.27. The second kappa shape index (κ2) is 7.68. The summed E-state index contributed by atoms with van der Waals surface area (Å²) in [5.41, 5.74) is -0.111. The zero-order valence-electron chi connectivity index (χ0n) is 14.0. The maximum absolute atomic E-state index is 13.9. The fraction of sp³-hybridized carbons (Fsp3) is 0.529. The van der Waals surface area contributed by atoms with Gasteiger partial charge in [-0.25, -0.2) is 4.39 Å². The van der Waals surface area contributed by atoms with Crippen molar-refractivity contribution >= 4 is 23.4 Å². The van der Waals surface area contributed by atoms with Crippen LogP contribution >= 0.6 is 11.6 Å². The van der Waals surface area contributed by atoms with E-state index in [9.17, 15) is 14.0 Å². The first-order valence-electron chi connectivity index (χ1n) is 8.36. The summed E-state index contributed by atoms with van der Waals surface area (Å²) in [6.45, 7) is 4.60. The zero-order chi connectivity index (χ0) is 18.0. The highest BCUT2D eigenvalue weighted by atomic mass is 35.5. The van der Waals surface area contributed by atoms with Crippen LogP contribution in [0.2, 0.25) is 5.02 Å². The number of piperazine rings is 1. The molecule has 0 aliphatic carbocycles. The lowest BCUT2D eigenvalue weighted by Gasteiger charge is -2.38. The van der Waals surface area contributed by atoms with E-state index in [4.69, 9.17) is 16.3 Å². The van der Waals surface area contributed by atoms with E-state index in [0.717, 1.165) is 0 Å². The third-order valence-corrected chi connectivity index (χ3v) is 4.95. The van der Waals surface area contributed by atoms with E-state index < -0.39 is 11.7 Å². The number of nitrogens with one attached hydrogen (secondary N) is 1. The van der Waals surface area contributed by atoms with Gasteiger partial charge in [0.15, 0.2) is 0 Å². The summed E-state index contributed by atoms with van der Waals surface area (Å²) in [6.07, 6.45) is -0.182. The van der Waals surface area contributed by atoms with Gasteiger partial charge < -0.3 is 19.9 Å². The molecule has 2 saturated heterocycles. The van der Waals surface area contributed by atoms with Crippen molar-refractivity contribution in [2.75, 3.05) is 39.3 Å². The molecule has 2 aliphatic rings. The SMILES string of the molecule is C[C@H]1OCCN[C@@H]1C(=O)N1CCN(C(=O)c2c(F)cccc2Cl)CC1. The lowest BCUT2D eigenvalue weighted by Crippen LogP contribution is -2.60. The minimum atomic E-state index is -0.631. The minimum Gasteiger partial charge on any atom is -0.375 e. The third kappa shape index (κ3) is 3.78. The molecule has 25 heavy (non-hydrogen) atoms. The Bertz CT molecular complexity index is 644. The number of amides is 2. The molecule has 0 unspecified atom stereocenters. The summed E-state index contributed by atoms with van der Waals surface area (Å²) >= 11 is 5.97. The highest BCUT2D eigenvalue weighted by molar-refractivity contribution is 6.33. The number of ether oxygens (including phenoxy) is 1. The zero-order valence-corrected chi connectivity index (χ0v) is 14.8. The van der Waals surface area contributed by atoms with Crippen LogP contribution in [0.1, 0.15) is 17.3 Å². The standard InChI is InChI=1S/C17H21ClFN3O3/c1-11-15(20-5-10-25-11)17(24)22-8-6-21(7-9-22)16(23)14-12(18)3-2-4-13(14)19/h2-4,11,15,20H,5-10H2,1H3/t11-,15+/m1/s1. The number of morpholine rings is 1. The van der Waals surface area contributed by atoms with Gasteiger partial charge in [-0.3, -0.25) is 9.59 Å². The summed E-state index contributed by atoms with van der Waals surface area (Å²) < 4.78 is 19.4. The van der Waals surface area contributed by atoms with Gasteiger partial charge in [-0.05, 0) is 19.1 Å². The average molecular weight is 370 g/mol. The summed E-state index contributed by atoms with van der Waals surface area (Å²) in [6, 6.07) is 3.81. The van der Waals surface area contributed by atoms with Gasteiger partial charge in [0, 0.05) is 32.7 Å². The van der Waals surface area contributed by atoms with Gasteiger partial charge in [0.2, 0.25) is 5.91 Å². The van der Waals surface area contributed by atoms with Crippen LogP contribution in [-0.4, -0.2) is 73.1 Å². The maximum Gasteiger partial charge on any atom is 0.258 e. The van der Waals surface area contributed by atoms with Crippen molar-refractivity contribution in [3.63, 3.8) is 0 Å². The van der Waals surface area contributed by atoms with Crippen molar-refractivity contribution in [1.82, 2.24) is 15.1 Å². The first-order chi connectivity index (χ1) is 12.0. The Kier molecular flexibility index (Phi) is 5.56. The molecule has 1 aromatic rings. The fourth-order valence-corrected chi connectivity index (χ4v) is 3.44. The normalized spacial score (nSPS) is 24.3. The molecule has 0 bridgehead atoms. The molecule has 136 valence electrons. The molecule has 3 rings (SSSR count). The Morgan fingerprint density at radius 2 is 1.92 bits per heavy atom. The van der Waals surface area contributed by atoms with E-state index in [1.807, 2.05) is 6.92 Å². The first-order valence-corrected chi connectivity index (χ1v) is 8.74. The first kappa shape index (κ1) is 18.1. The number of rotatable bonds is 2. The Morgan fingerprint density at radius 1 is 1.24 bits per heavy atom. The van der Waals surface area contributed by atoms with Crippen molar-refractivity contribution < 1.29 is 18.7 Å². The number of hydrogen-bond acceptors (Lipinski definition) is 4. The molecule has 0 radical (unpaired) electrons. The van der Waals surface area contributed by atoms with Gasteiger partial charge >= 0.3 is 0 Å². The second-order valence-corrected chi connectivity index (χ2v) is 6.63. The van der Waals surface area contributed by atoms with Crippen molar-refractivity contribution in [2.45, 2.75) is 19.1 Å². The monoisotopic (exact) mass is 369 g/mol. The fourth-order valence-electron chi connectivity index (χ4n) is 3.20. The molecule has 2 fully saturated rings. The highest BCUT2D eigenvalue weighted by Gasteiger charge is 2.34. The number of hydrogen-bond donors (Lipinski definition) is 1. The number of nitrogens with zero attached hydrogens (tertiary/aromatic N) is 2. The van der Waals surface area contributed by atoms with E-state index in [0.29, 0.717) is 39.3 Å². The summed E-state index contributed by atoms with van der Waals surface area (Å²) in [7, 11) is 0. The summed E-state index contributed by atoms with van der Waals surface area (Å²) in [4.78, 5) is 28.4. The Balaban J connectivity index is 1.62. The smallest absolute Gasteiger partial charge is 0.258 e. The Hall–Kier alpha value is -1.70. The molecule has 2 atom stereocenters. The van der Waals surface area contributed by atoms with E-state index in [1.54, 1.807) is 4.90 Å². The predicted molar refractivity (Wildman–Crippen MR) is 91.1 cm³/mol. The van der Waals surface area contributed by atoms with Crippen LogP contribution in [0.4, 0.5) is 4.39 Å². The molecule has 2 amide bonds. The maximum atomic E-state index is 13.9. The molecular weight excluding hydrogens is 349 g/mol. The second-order valence-electron chi connectivity index (χ2n) is 6.22. The Morgan fingerprint density at radius 3 is 2.56 bits per heavy atom. The highest BCUT2D eigenvalue weighted by Crippen LogP contribution is 2.21. The van der Waals surface area contributed by atoms with Crippen LogP contribution in [0.5, 0.6) is 0 Å². The molecule has 0 spiro atoms. The average Bonchev–Trinajstić information content (AvgIpc) is 2.61. The molecule has 2 heterocycles. The van der Waals surface area contributed by atoms with Gasteiger partial charge in [0.05, 0.1) is 23.3 Å². The van der Waals surface area contributed by atoms with Gasteiger partial charge in [-0.2, -0.15) is 0 Å². The van der Waals surface area contributed by atoms with Gasteiger partial charge in [0.1, 0.15) is 11.9 Å².